The lowest BCUT2D eigenvalue weighted by molar-refractivity contribution is -0.143. The van der Waals surface area contributed by atoms with Gasteiger partial charge in [-0.3, -0.25) is 4.79 Å². The van der Waals surface area contributed by atoms with Gasteiger partial charge in [0.05, 0.1) is 11.5 Å². The van der Waals surface area contributed by atoms with Gasteiger partial charge in [0.15, 0.2) is 0 Å². The summed E-state index contributed by atoms with van der Waals surface area (Å²) in [6.45, 7) is 8.78. The van der Waals surface area contributed by atoms with Crippen molar-refractivity contribution in [2.24, 2.45) is 0 Å². The highest BCUT2D eigenvalue weighted by Gasteiger charge is 2.27. The van der Waals surface area contributed by atoms with Crippen molar-refractivity contribution < 1.29 is 17.9 Å². The van der Waals surface area contributed by atoms with Gasteiger partial charge in [0, 0.05) is 6.54 Å². The Morgan fingerprint density at radius 2 is 2.05 bits per heavy atom. The zero-order valence-electron chi connectivity index (χ0n) is 12.6. The van der Waals surface area contributed by atoms with Crippen LogP contribution >= 0.6 is 0 Å². The van der Waals surface area contributed by atoms with Crippen molar-refractivity contribution >= 4 is 16.0 Å². The molecule has 6 heteroatoms. The molecule has 116 valence electrons. The Labute approximate surface area is 126 Å². The van der Waals surface area contributed by atoms with Crippen LogP contribution in [0.5, 0.6) is 0 Å². The number of hydrogen-bond acceptors (Lipinski definition) is 4. The minimum absolute atomic E-state index is 0.0501. The van der Waals surface area contributed by atoms with Crippen LogP contribution in [0.2, 0.25) is 0 Å². The van der Waals surface area contributed by atoms with Crippen LogP contribution in [0.15, 0.2) is 35.7 Å². The highest BCUT2D eigenvalue weighted by atomic mass is 32.2. The minimum Gasteiger partial charge on any atom is -0.465 e. The second kappa shape index (κ2) is 7.38. The molecule has 0 fully saturated rings. The molecule has 0 heterocycles. The number of sulfonamides is 1. The quantitative estimate of drug-likeness (QED) is 0.571. The first-order valence-electron chi connectivity index (χ1n) is 6.66. The molecule has 0 unspecified atom stereocenters. The fourth-order valence-corrected chi connectivity index (χ4v) is 3.53. The highest BCUT2D eigenvalue weighted by Crippen LogP contribution is 2.21. The molecule has 1 rings (SSSR count). The number of rotatable bonds is 7. The van der Waals surface area contributed by atoms with Crippen LogP contribution < -0.4 is 0 Å². The summed E-state index contributed by atoms with van der Waals surface area (Å²) in [6, 6.07) is 5.08. The average molecular weight is 311 g/mol. The number of carbonyl (C=O) groups excluding carboxylic acids is 1. The van der Waals surface area contributed by atoms with Crippen molar-refractivity contribution in [2.45, 2.75) is 25.7 Å². The van der Waals surface area contributed by atoms with E-state index in [2.05, 4.69) is 6.58 Å². The van der Waals surface area contributed by atoms with Crippen LogP contribution in [0, 0.1) is 13.8 Å². The third kappa shape index (κ3) is 4.41. The molecular weight excluding hydrogens is 290 g/mol. The molecular formula is C15H21NO4S. The van der Waals surface area contributed by atoms with Gasteiger partial charge in [-0.25, -0.2) is 8.42 Å². The Kier molecular flexibility index (Phi) is 6.11. The zero-order valence-corrected chi connectivity index (χ0v) is 13.4. The molecule has 0 aliphatic heterocycles. The van der Waals surface area contributed by atoms with E-state index in [-0.39, 0.29) is 24.6 Å². The molecule has 0 amide bonds. The number of ether oxygens (including phenoxy) is 1. The van der Waals surface area contributed by atoms with E-state index in [0.29, 0.717) is 5.56 Å². The van der Waals surface area contributed by atoms with Gasteiger partial charge in [-0.15, -0.1) is 6.58 Å². The maximum absolute atomic E-state index is 12.7. The Morgan fingerprint density at radius 3 is 2.57 bits per heavy atom. The lowest BCUT2D eigenvalue weighted by atomic mass is 10.2. The summed E-state index contributed by atoms with van der Waals surface area (Å²) >= 11 is 0. The topological polar surface area (TPSA) is 63.7 Å². The monoisotopic (exact) mass is 311 g/mol. The number of benzene rings is 1. The molecule has 0 atom stereocenters. The normalized spacial score (nSPS) is 11.4. The number of nitrogens with zero attached hydrogens (tertiary/aromatic N) is 1. The highest BCUT2D eigenvalue weighted by molar-refractivity contribution is 7.89. The fraction of sp³-hybridized carbons (Fsp3) is 0.400. The van der Waals surface area contributed by atoms with Crippen LogP contribution in [0.25, 0.3) is 0 Å². The van der Waals surface area contributed by atoms with E-state index in [0.717, 1.165) is 9.87 Å². The summed E-state index contributed by atoms with van der Waals surface area (Å²) < 4.78 is 31.2. The largest absolute Gasteiger partial charge is 0.465 e. The van der Waals surface area contributed by atoms with Gasteiger partial charge in [0.25, 0.3) is 0 Å². The number of aryl methyl sites for hydroxylation is 2. The van der Waals surface area contributed by atoms with Gasteiger partial charge in [-0.2, -0.15) is 4.31 Å². The summed E-state index contributed by atoms with van der Waals surface area (Å²) in [5.41, 5.74) is 1.63. The van der Waals surface area contributed by atoms with Gasteiger partial charge in [-0.05, 0) is 32.4 Å². The van der Waals surface area contributed by atoms with Crippen molar-refractivity contribution in [3.8, 4) is 0 Å². The van der Waals surface area contributed by atoms with Crippen molar-refractivity contribution in [1.82, 2.24) is 4.31 Å². The summed E-state index contributed by atoms with van der Waals surface area (Å²) in [5.74, 6) is -0.576. The maximum atomic E-state index is 12.7. The SMILES string of the molecule is C=CCN(CC(=O)OCC)S(=O)(=O)c1ccc(C)cc1C. The molecule has 0 spiro atoms. The van der Waals surface area contributed by atoms with E-state index in [9.17, 15) is 13.2 Å². The van der Waals surface area contributed by atoms with E-state index in [4.69, 9.17) is 4.74 Å². The third-order valence-corrected chi connectivity index (χ3v) is 4.86. The van der Waals surface area contributed by atoms with Gasteiger partial charge in [0.1, 0.15) is 6.54 Å². The van der Waals surface area contributed by atoms with E-state index in [1.807, 2.05) is 6.92 Å². The maximum Gasteiger partial charge on any atom is 0.321 e. The molecule has 5 nitrogen and oxygen atoms in total. The standard InChI is InChI=1S/C15H21NO4S/c1-5-9-16(11-15(17)20-6-2)21(18,19)14-8-7-12(3)10-13(14)4/h5,7-8,10H,1,6,9,11H2,2-4H3. The Hall–Kier alpha value is -1.66. The van der Waals surface area contributed by atoms with Gasteiger partial charge < -0.3 is 4.74 Å². The minimum atomic E-state index is -3.76. The van der Waals surface area contributed by atoms with Crippen LogP contribution in [-0.4, -0.2) is 38.4 Å². The molecule has 0 aromatic heterocycles. The fourth-order valence-electron chi connectivity index (χ4n) is 1.97. The average Bonchev–Trinajstić information content (AvgIpc) is 2.38. The second-order valence-corrected chi connectivity index (χ2v) is 6.57. The first-order chi connectivity index (χ1) is 9.82. The molecule has 0 N–H and O–H groups in total. The summed E-state index contributed by atoms with van der Waals surface area (Å²) in [4.78, 5) is 11.8. The predicted molar refractivity (Wildman–Crippen MR) is 81.5 cm³/mol. The Bertz CT molecular complexity index is 623. The van der Waals surface area contributed by atoms with Gasteiger partial charge in [-0.1, -0.05) is 23.8 Å². The molecule has 0 aliphatic carbocycles. The molecule has 0 aliphatic rings. The van der Waals surface area contributed by atoms with Crippen molar-refractivity contribution in [1.29, 1.82) is 0 Å². The number of hydrogen-bond donors (Lipinski definition) is 0. The number of carbonyl (C=O) groups is 1. The van der Waals surface area contributed by atoms with Gasteiger partial charge in [0.2, 0.25) is 10.0 Å². The summed E-state index contributed by atoms with van der Waals surface area (Å²) in [7, 11) is -3.76. The third-order valence-electron chi connectivity index (χ3n) is 2.89. The van der Waals surface area contributed by atoms with E-state index < -0.39 is 16.0 Å². The molecule has 1 aromatic carbocycles. The molecule has 0 radical (unpaired) electrons. The molecule has 0 bridgehead atoms. The Balaban J connectivity index is 3.15. The van der Waals surface area contributed by atoms with Crippen molar-refractivity contribution in [3.05, 3.63) is 42.0 Å². The van der Waals surface area contributed by atoms with E-state index in [1.54, 1.807) is 32.0 Å². The van der Waals surface area contributed by atoms with Crippen molar-refractivity contribution in [3.63, 3.8) is 0 Å². The van der Waals surface area contributed by atoms with E-state index in [1.165, 1.54) is 6.08 Å². The summed E-state index contributed by atoms with van der Waals surface area (Å²) in [5, 5.41) is 0. The number of esters is 1. The second-order valence-electron chi connectivity index (χ2n) is 4.66. The lowest BCUT2D eigenvalue weighted by Gasteiger charge is -2.21. The smallest absolute Gasteiger partial charge is 0.321 e. The predicted octanol–water partition coefficient (Wildman–Crippen LogP) is 2.04. The van der Waals surface area contributed by atoms with Crippen LogP contribution in [0.1, 0.15) is 18.1 Å². The Morgan fingerprint density at radius 1 is 1.38 bits per heavy atom. The van der Waals surface area contributed by atoms with Crippen LogP contribution in [-0.2, 0) is 19.6 Å². The molecule has 0 saturated heterocycles. The van der Waals surface area contributed by atoms with Crippen LogP contribution in [0.4, 0.5) is 0 Å². The van der Waals surface area contributed by atoms with Crippen molar-refractivity contribution in [2.75, 3.05) is 19.7 Å². The lowest BCUT2D eigenvalue weighted by Crippen LogP contribution is -2.37. The molecule has 21 heavy (non-hydrogen) atoms. The molecule has 1 aromatic rings. The van der Waals surface area contributed by atoms with E-state index >= 15 is 0 Å². The first kappa shape index (κ1) is 17.4. The first-order valence-corrected chi connectivity index (χ1v) is 8.10. The van der Waals surface area contributed by atoms with Crippen LogP contribution in [0.3, 0.4) is 0 Å². The zero-order chi connectivity index (χ0) is 16.0. The van der Waals surface area contributed by atoms with Gasteiger partial charge >= 0.3 is 5.97 Å². The summed E-state index contributed by atoms with van der Waals surface area (Å²) in [6.07, 6.45) is 1.44. The molecule has 0 saturated carbocycles.